The first-order chi connectivity index (χ1) is 5.72. The quantitative estimate of drug-likeness (QED) is 0.691. The number of aromatic nitrogens is 2. The van der Waals surface area contributed by atoms with Gasteiger partial charge in [0.2, 0.25) is 5.95 Å². The van der Waals surface area contributed by atoms with Crippen LogP contribution in [0, 0.1) is 6.92 Å². The molecule has 0 fully saturated rings. The molecule has 1 aromatic rings. The highest BCUT2D eigenvalue weighted by molar-refractivity contribution is 5.25. The maximum Gasteiger partial charge on any atom is 0.223 e. The molecule has 0 aliphatic rings. The highest BCUT2D eigenvalue weighted by Gasteiger charge is 2.00. The van der Waals surface area contributed by atoms with Crippen LogP contribution in [0.15, 0.2) is 12.3 Å². The van der Waals surface area contributed by atoms with Crippen LogP contribution in [0.3, 0.4) is 0 Å². The molecule has 0 spiro atoms. The molecule has 1 rings (SSSR count). The summed E-state index contributed by atoms with van der Waals surface area (Å²) >= 11 is 0. The van der Waals surface area contributed by atoms with Crippen LogP contribution < -0.4 is 5.32 Å². The van der Waals surface area contributed by atoms with Crippen molar-refractivity contribution >= 4 is 5.95 Å². The lowest BCUT2D eigenvalue weighted by Gasteiger charge is -2.09. The number of rotatable bonds is 3. The number of nitrogens with zero attached hydrogens (tertiary/aromatic N) is 2. The van der Waals surface area contributed by atoms with E-state index in [1.165, 1.54) is 0 Å². The summed E-state index contributed by atoms with van der Waals surface area (Å²) in [5.74, 6) is 0.566. The van der Waals surface area contributed by atoms with Crippen LogP contribution in [0.25, 0.3) is 0 Å². The van der Waals surface area contributed by atoms with Gasteiger partial charge in [-0.1, -0.05) is 0 Å². The lowest BCUT2D eigenvalue weighted by atomic mass is 10.4. The van der Waals surface area contributed by atoms with Gasteiger partial charge in [-0.15, -0.1) is 0 Å². The summed E-state index contributed by atoms with van der Waals surface area (Å²) in [6, 6.07) is 1.82. The molecule has 1 aromatic heterocycles. The fraction of sp³-hybridized carbons (Fsp3) is 0.500. The first-order valence-electron chi connectivity index (χ1n) is 3.89. The van der Waals surface area contributed by atoms with Gasteiger partial charge in [-0.05, 0) is 19.9 Å². The molecule has 0 amide bonds. The summed E-state index contributed by atoms with van der Waals surface area (Å²) in [6.45, 7) is 3.85. The minimum atomic E-state index is -0.00759. The third-order valence-electron chi connectivity index (χ3n) is 1.44. The molecule has 1 heterocycles. The number of aryl methyl sites for hydroxylation is 1. The van der Waals surface area contributed by atoms with E-state index >= 15 is 0 Å². The minimum absolute atomic E-state index is 0.00759. The van der Waals surface area contributed by atoms with Crippen molar-refractivity contribution in [2.75, 3.05) is 11.9 Å². The summed E-state index contributed by atoms with van der Waals surface area (Å²) in [4.78, 5) is 8.12. The van der Waals surface area contributed by atoms with Crippen LogP contribution in [0.4, 0.5) is 5.95 Å². The van der Waals surface area contributed by atoms with E-state index in [1.807, 2.05) is 19.9 Å². The molecular formula is C8H13N3O. The normalized spacial score (nSPS) is 12.6. The van der Waals surface area contributed by atoms with Crippen LogP contribution in [0.5, 0.6) is 0 Å². The van der Waals surface area contributed by atoms with E-state index < -0.39 is 0 Å². The van der Waals surface area contributed by atoms with Crippen molar-refractivity contribution in [2.24, 2.45) is 0 Å². The molecule has 4 nitrogen and oxygen atoms in total. The lowest BCUT2D eigenvalue weighted by Crippen LogP contribution is -2.20. The molecule has 1 atom stereocenters. The topological polar surface area (TPSA) is 58.0 Å². The van der Waals surface area contributed by atoms with Gasteiger partial charge < -0.3 is 10.4 Å². The standard InChI is InChI=1S/C8H13N3O/c1-6-3-4-9-8(10-6)11-7(2)5-12/h3-4,7,12H,5H2,1-2H3,(H,9,10,11). The number of nitrogens with one attached hydrogen (secondary N) is 1. The Kier molecular flexibility index (Phi) is 2.99. The van der Waals surface area contributed by atoms with Crippen molar-refractivity contribution in [2.45, 2.75) is 19.9 Å². The summed E-state index contributed by atoms with van der Waals surface area (Å²) in [5, 5.41) is 11.7. The highest BCUT2D eigenvalue weighted by atomic mass is 16.3. The molecule has 0 bridgehead atoms. The molecule has 0 saturated heterocycles. The number of aliphatic hydroxyl groups is 1. The average Bonchev–Trinajstić information content (AvgIpc) is 2.04. The fourth-order valence-corrected chi connectivity index (χ4v) is 0.784. The van der Waals surface area contributed by atoms with Crippen molar-refractivity contribution in [1.82, 2.24) is 9.97 Å². The zero-order valence-electron chi connectivity index (χ0n) is 7.28. The molecule has 12 heavy (non-hydrogen) atoms. The maximum absolute atomic E-state index is 8.75. The van der Waals surface area contributed by atoms with Gasteiger partial charge in [-0.2, -0.15) is 0 Å². The predicted molar refractivity (Wildman–Crippen MR) is 46.9 cm³/mol. The van der Waals surface area contributed by atoms with Gasteiger partial charge in [0.15, 0.2) is 0 Å². The Labute approximate surface area is 71.7 Å². The van der Waals surface area contributed by atoms with E-state index in [4.69, 9.17) is 5.11 Å². The SMILES string of the molecule is Cc1ccnc(NC(C)CO)n1. The van der Waals surface area contributed by atoms with Gasteiger partial charge >= 0.3 is 0 Å². The van der Waals surface area contributed by atoms with E-state index in [0.717, 1.165) is 5.69 Å². The summed E-state index contributed by atoms with van der Waals surface area (Å²) in [7, 11) is 0. The first kappa shape index (κ1) is 8.93. The smallest absolute Gasteiger partial charge is 0.223 e. The zero-order chi connectivity index (χ0) is 8.97. The Balaban J connectivity index is 2.63. The Morgan fingerprint density at radius 2 is 2.42 bits per heavy atom. The molecule has 0 radical (unpaired) electrons. The van der Waals surface area contributed by atoms with Crippen LogP contribution >= 0.6 is 0 Å². The Hall–Kier alpha value is -1.16. The number of hydrogen-bond donors (Lipinski definition) is 2. The van der Waals surface area contributed by atoms with Crippen molar-refractivity contribution in [3.8, 4) is 0 Å². The molecular weight excluding hydrogens is 154 g/mol. The Morgan fingerprint density at radius 1 is 1.67 bits per heavy atom. The van der Waals surface area contributed by atoms with Gasteiger partial charge in [-0.25, -0.2) is 9.97 Å². The van der Waals surface area contributed by atoms with Crippen molar-refractivity contribution in [1.29, 1.82) is 0 Å². The molecule has 0 saturated carbocycles. The second-order valence-corrected chi connectivity index (χ2v) is 2.75. The van der Waals surface area contributed by atoms with Gasteiger partial charge in [0.05, 0.1) is 6.61 Å². The summed E-state index contributed by atoms with van der Waals surface area (Å²) in [6.07, 6.45) is 1.69. The van der Waals surface area contributed by atoms with Crippen molar-refractivity contribution < 1.29 is 5.11 Å². The van der Waals surface area contributed by atoms with Crippen molar-refractivity contribution in [3.05, 3.63) is 18.0 Å². The average molecular weight is 167 g/mol. The Bertz CT molecular complexity index is 252. The predicted octanol–water partition coefficient (Wildman–Crippen LogP) is 0.578. The number of aliphatic hydroxyl groups excluding tert-OH is 1. The monoisotopic (exact) mass is 167 g/mol. The third kappa shape index (κ3) is 2.47. The largest absolute Gasteiger partial charge is 0.394 e. The van der Waals surface area contributed by atoms with Gasteiger partial charge in [0, 0.05) is 17.9 Å². The van der Waals surface area contributed by atoms with E-state index in [2.05, 4.69) is 15.3 Å². The van der Waals surface area contributed by atoms with Crippen LogP contribution in [-0.2, 0) is 0 Å². The van der Waals surface area contributed by atoms with Crippen LogP contribution in [0.2, 0.25) is 0 Å². The van der Waals surface area contributed by atoms with Crippen molar-refractivity contribution in [3.63, 3.8) is 0 Å². The summed E-state index contributed by atoms with van der Waals surface area (Å²) in [5.41, 5.74) is 0.914. The second-order valence-electron chi connectivity index (χ2n) is 2.75. The lowest BCUT2D eigenvalue weighted by molar-refractivity contribution is 0.281. The minimum Gasteiger partial charge on any atom is -0.394 e. The van der Waals surface area contributed by atoms with E-state index in [0.29, 0.717) is 5.95 Å². The molecule has 0 aromatic carbocycles. The summed E-state index contributed by atoms with van der Waals surface area (Å²) < 4.78 is 0. The van der Waals surface area contributed by atoms with Crippen LogP contribution in [0.1, 0.15) is 12.6 Å². The molecule has 4 heteroatoms. The number of anilines is 1. The van der Waals surface area contributed by atoms with Crippen LogP contribution in [-0.4, -0.2) is 27.7 Å². The molecule has 0 aliphatic heterocycles. The first-order valence-corrected chi connectivity index (χ1v) is 3.89. The molecule has 66 valence electrons. The number of hydrogen-bond acceptors (Lipinski definition) is 4. The molecule has 2 N–H and O–H groups in total. The van der Waals surface area contributed by atoms with Gasteiger partial charge in [0.25, 0.3) is 0 Å². The third-order valence-corrected chi connectivity index (χ3v) is 1.44. The highest BCUT2D eigenvalue weighted by Crippen LogP contribution is 2.00. The molecule has 1 unspecified atom stereocenters. The fourth-order valence-electron chi connectivity index (χ4n) is 0.784. The van der Waals surface area contributed by atoms with E-state index in [9.17, 15) is 0 Å². The van der Waals surface area contributed by atoms with Gasteiger partial charge in [0.1, 0.15) is 0 Å². The van der Waals surface area contributed by atoms with E-state index in [-0.39, 0.29) is 12.6 Å². The Morgan fingerprint density at radius 3 is 3.00 bits per heavy atom. The maximum atomic E-state index is 8.75. The van der Waals surface area contributed by atoms with E-state index in [1.54, 1.807) is 6.20 Å². The van der Waals surface area contributed by atoms with Gasteiger partial charge in [-0.3, -0.25) is 0 Å². The zero-order valence-corrected chi connectivity index (χ0v) is 7.28. The molecule has 0 aliphatic carbocycles. The second kappa shape index (κ2) is 4.01.